The van der Waals surface area contributed by atoms with E-state index in [0.717, 1.165) is 38.8 Å². The van der Waals surface area contributed by atoms with Crippen LogP contribution in [-0.2, 0) is 10.0 Å². The number of nitrogens with zero attached hydrogens (tertiary/aromatic N) is 2. The molecule has 1 fully saturated rings. The number of rotatable bonds is 5. The second-order valence-electron chi connectivity index (χ2n) is 5.82. The van der Waals surface area contributed by atoms with Gasteiger partial charge < -0.3 is 4.90 Å². The molecule has 5 nitrogen and oxygen atoms in total. The molecule has 0 radical (unpaired) electrons. The van der Waals surface area contributed by atoms with Gasteiger partial charge in [-0.2, -0.15) is 4.31 Å². The summed E-state index contributed by atoms with van der Waals surface area (Å²) in [6, 6.07) is 6.43. The van der Waals surface area contributed by atoms with Crippen molar-refractivity contribution >= 4 is 15.9 Å². The van der Waals surface area contributed by atoms with Crippen LogP contribution in [0.3, 0.4) is 0 Å². The molecule has 1 aliphatic rings. The third-order valence-corrected chi connectivity index (χ3v) is 6.36. The monoisotopic (exact) mass is 338 g/mol. The molecule has 1 amide bonds. The van der Waals surface area contributed by atoms with Crippen molar-refractivity contribution in [1.29, 1.82) is 0 Å². The molecule has 23 heavy (non-hydrogen) atoms. The SMILES string of the molecule is CCN(CC)S(=O)(=O)c1cccc(C(=O)N2CCCCCC2)c1. The van der Waals surface area contributed by atoms with Gasteiger partial charge in [0.15, 0.2) is 0 Å². The summed E-state index contributed by atoms with van der Waals surface area (Å²) in [5, 5.41) is 0. The summed E-state index contributed by atoms with van der Waals surface area (Å²) >= 11 is 0. The second kappa shape index (κ2) is 7.93. The van der Waals surface area contributed by atoms with Gasteiger partial charge in [-0.15, -0.1) is 0 Å². The fraction of sp³-hybridized carbons (Fsp3) is 0.588. The average Bonchev–Trinajstić information content (AvgIpc) is 2.84. The van der Waals surface area contributed by atoms with E-state index in [4.69, 9.17) is 0 Å². The fourth-order valence-electron chi connectivity index (χ4n) is 2.96. The van der Waals surface area contributed by atoms with Crippen LogP contribution in [0, 0.1) is 0 Å². The van der Waals surface area contributed by atoms with Gasteiger partial charge in [0.05, 0.1) is 4.90 Å². The molecule has 0 bridgehead atoms. The normalized spacial score (nSPS) is 16.4. The minimum absolute atomic E-state index is 0.0662. The summed E-state index contributed by atoms with van der Waals surface area (Å²) in [5.74, 6) is -0.0662. The lowest BCUT2D eigenvalue weighted by molar-refractivity contribution is 0.0761. The minimum atomic E-state index is -3.53. The number of carbonyl (C=O) groups is 1. The zero-order chi connectivity index (χ0) is 16.9. The standard InChI is InChI=1S/C17H26N2O3S/c1-3-19(4-2)23(21,22)16-11-9-10-15(14-16)17(20)18-12-7-5-6-8-13-18/h9-11,14H,3-8,12-13H2,1-2H3. The van der Waals surface area contributed by atoms with Gasteiger partial charge in [-0.25, -0.2) is 8.42 Å². The van der Waals surface area contributed by atoms with Crippen molar-refractivity contribution in [1.82, 2.24) is 9.21 Å². The first-order valence-corrected chi connectivity index (χ1v) is 9.84. The van der Waals surface area contributed by atoms with Gasteiger partial charge >= 0.3 is 0 Å². The smallest absolute Gasteiger partial charge is 0.253 e. The van der Waals surface area contributed by atoms with Crippen LogP contribution in [0.1, 0.15) is 49.9 Å². The molecule has 1 aliphatic heterocycles. The van der Waals surface area contributed by atoms with Crippen LogP contribution in [0.4, 0.5) is 0 Å². The van der Waals surface area contributed by atoms with Gasteiger partial charge in [-0.05, 0) is 31.0 Å². The van der Waals surface area contributed by atoms with Crippen molar-refractivity contribution in [2.24, 2.45) is 0 Å². The number of hydrogen-bond acceptors (Lipinski definition) is 3. The second-order valence-corrected chi connectivity index (χ2v) is 7.76. The first-order valence-electron chi connectivity index (χ1n) is 8.40. The Morgan fingerprint density at radius 1 is 1.09 bits per heavy atom. The third-order valence-electron chi connectivity index (χ3n) is 4.32. The Morgan fingerprint density at radius 3 is 2.26 bits per heavy atom. The van der Waals surface area contributed by atoms with E-state index >= 15 is 0 Å². The Balaban J connectivity index is 2.27. The van der Waals surface area contributed by atoms with Crippen molar-refractivity contribution in [3.8, 4) is 0 Å². The zero-order valence-corrected chi connectivity index (χ0v) is 14.8. The summed E-state index contributed by atoms with van der Waals surface area (Å²) in [6.07, 6.45) is 4.34. The molecule has 0 saturated carbocycles. The van der Waals surface area contributed by atoms with Crippen molar-refractivity contribution in [3.05, 3.63) is 29.8 Å². The zero-order valence-electron chi connectivity index (χ0n) is 14.0. The molecule has 0 spiro atoms. The van der Waals surface area contributed by atoms with Crippen LogP contribution < -0.4 is 0 Å². The van der Waals surface area contributed by atoms with Crippen LogP contribution in [0.15, 0.2) is 29.2 Å². The molecule has 1 heterocycles. The Hall–Kier alpha value is -1.40. The highest BCUT2D eigenvalue weighted by Gasteiger charge is 2.24. The topological polar surface area (TPSA) is 57.7 Å². The summed E-state index contributed by atoms with van der Waals surface area (Å²) in [6.45, 7) is 5.98. The van der Waals surface area contributed by atoms with Crippen LogP contribution in [0.25, 0.3) is 0 Å². The van der Waals surface area contributed by atoms with E-state index in [9.17, 15) is 13.2 Å². The molecule has 2 rings (SSSR count). The predicted octanol–water partition coefficient (Wildman–Crippen LogP) is 2.73. The van der Waals surface area contributed by atoms with E-state index in [0.29, 0.717) is 18.7 Å². The maximum Gasteiger partial charge on any atom is 0.253 e. The van der Waals surface area contributed by atoms with Gasteiger partial charge in [0.25, 0.3) is 5.91 Å². The molecule has 128 valence electrons. The molecule has 1 saturated heterocycles. The molecular weight excluding hydrogens is 312 g/mol. The molecule has 0 unspecified atom stereocenters. The van der Waals surface area contributed by atoms with E-state index in [-0.39, 0.29) is 10.8 Å². The highest BCUT2D eigenvalue weighted by atomic mass is 32.2. The van der Waals surface area contributed by atoms with E-state index in [1.54, 1.807) is 18.2 Å². The van der Waals surface area contributed by atoms with Crippen molar-refractivity contribution in [2.45, 2.75) is 44.4 Å². The van der Waals surface area contributed by atoms with Crippen molar-refractivity contribution < 1.29 is 13.2 Å². The minimum Gasteiger partial charge on any atom is -0.339 e. The Labute approximate surface area is 139 Å². The van der Waals surface area contributed by atoms with Crippen molar-refractivity contribution in [3.63, 3.8) is 0 Å². The van der Waals surface area contributed by atoms with Gasteiger partial charge in [-0.3, -0.25) is 4.79 Å². The maximum atomic E-state index is 12.7. The fourth-order valence-corrected chi connectivity index (χ4v) is 4.46. The number of benzene rings is 1. The van der Waals surface area contributed by atoms with Crippen LogP contribution in [0.5, 0.6) is 0 Å². The van der Waals surface area contributed by atoms with E-state index in [1.165, 1.54) is 10.4 Å². The first kappa shape index (κ1) is 17.9. The lowest BCUT2D eigenvalue weighted by atomic mass is 10.2. The molecule has 0 N–H and O–H groups in total. The number of sulfonamides is 1. The Morgan fingerprint density at radius 2 is 1.70 bits per heavy atom. The summed E-state index contributed by atoms with van der Waals surface area (Å²) < 4.78 is 26.6. The number of amides is 1. The summed E-state index contributed by atoms with van der Waals surface area (Å²) in [4.78, 5) is 14.7. The van der Waals surface area contributed by atoms with Crippen molar-refractivity contribution in [2.75, 3.05) is 26.2 Å². The molecule has 1 aromatic carbocycles. The first-order chi connectivity index (χ1) is 11.0. The largest absolute Gasteiger partial charge is 0.339 e. The Kier molecular flexibility index (Phi) is 6.18. The molecule has 0 aromatic heterocycles. The summed E-state index contributed by atoms with van der Waals surface area (Å²) in [5.41, 5.74) is 0.458. The highest BCUT2D eigenvalue weighted by Crippen LogP contribution is 2.19. The molecule has 0 atom stereocenters. The van der Waals surface area contributed by atoms with Gasteiger partial charge in [-0.1, -0.05) is 32.8 Å². The van der Waals surface area contributed by atoms with Gasteiger partial charge in [0.1, 0.15) is 0 Å². The lowest BCUT2D eigenvalue weighted by Crippen LogP contribution is -2.33. The summed E-state index contributed by atoms with van der Waals surface area (Å²) in [7, 11) is -3.53. The number of likely N-dealkylation sites (tertiary alicyclic amines) is 1. The maximum absolute atomic E-state index is 12.7. The average molecular weight is 338 g/mol. The van der Waals surface area contributed by atoms with Gasteiger partial charge in [0, 0.05) is 31.7 Å². The third kappa shape index (κ3) is 4.12. The van der Waals surface area contributed by atoms with E-state index in [1.807, 2.05) is 18.7 Å². The number of hydrogen-bond donors (Lipinski definition) is 0. The van der Waals surface area contributed by atoms with E-state index < -0.39 is 10.0 Å². The van der Waals surface area contributed by atoms with Crippen LogP contribution in [0.2, 0.25) is 0 Å². The number of carbonyl (C=O) groups excluding carboxylic acids is 1. The van der Waals surface area contributed by atoms with Crippen LogP contribution >= 0.6 is 0 Å². The predicted molar refractivity (Wildman–Crippen MR) is 90.9 cm³/mol. The van der Waals surface area contributed by atoms with E-state index in [2.05, 4.69) is 0 Å². The quantitative estimate of drug-likeness (QED) is 0.829. The molecule has 1 aromatic rings. The Bertz CT molecular complexity index is 631. The molecule has 0 aliphatic carbocycles. The molecule has 6 heteroatoms. The highest BCUT2D eigenvalue weighted by molar-refractivity contribution is 7.89. The van der Waals surface area contributed by atoms with Gasteiger partial charge in [0.2, 0.25) is 10.0 Å². The lowest BCUT2D eigenvalue weighted by Gasteiger charge is -2.22. The van der Waals surface area contributed by atoms with Crippen LogP contribution in [-0.4, -0.2) is 49.7 Å². The molecular formula is C17H26N2O3S.